The van der Waals surface area contributed by atoms with Gasteiger partial charge < -0.3 is 20.3 Å². The Kier molecular flexibility index (Phi) is 7.62. The molecule has 1 atom stereocenters. The normalized spacial score (nSPS) is 11.8. The molecule has 1 amide bonds. The van der Waals surface area contributed by atoms with Crippen LogP contribution in [0.15, 0.2) is 29.2 Å². The van der Waals surface area contributed by atoms with Gasteiger partial charge in [-0.15, -0.1) is 11.8 Å². The number of hydrogen-bond acceptors (Lipinski definition) is 6. The van der Waals surface area contributed by atoms with E-state index in [0.717, 1.165) is 21.5 Å². The number of carbonyl (C=O) groups is 3. The van der Waals surface area contributed by atoms with Crippen molar-refractivity contribution >= 4 is 40.5 Å². The molecular weight excluding hydrogens is 384 g/mol. The third-order valence-electron chi connectivity index (χ3n) is 3.79. The Hall–Kier alpha value is -2.81. The minimum absolute atomic E-state index is 0.0888. The Morgan fingerprint density at radius 2 is 1.96 bits per heavy atom. The van der Waals surface area contributed by atoms with Crippen LogP contribution in [0.5, 0.6) is 5.75 Å². The van der Waals surface area contributed by atoms with E-state index in [-0.39, 0.29) is 18.6 Å². The van der Waals surface area contributed by atoms with Gasteiger partial charge in [0.15, 0.2) is 0 Å². The Labute approximate surface area is 166 Å². The topological polar surface area (TPSA) is 126 Å². The van der Waals surface area contributed by atoms with Gasteiger partial charge in [0.25, 0.3) is 0 Å². The Morgan fingerprint density at radius 3 is 2.61 bits per heavy atom. The highest BCUT2D eigenvalue weighted by molar-refractivity contribution is 7.99. The quantitative estimate of drug-likeness (QED) is 0.514. The summed E-state index contributed by atoms with van der Waals surface area (Å²) in [5.74, 6) is -2.11. The molecule has 0 fully saturated rings. The van der Waals surface area contributed by atoms with E-state index >= 15 is 0 Å². The standard InChI is InChI=1S/C19H22N2O6S/c1-3-27-12-4-5-14-13(9-12)16(8-11(2)20-14)28-10-15(19(25)26)21-17(22)6-7-18(23)24/h4-5,8-9,15H,3,6-7,10H2,1-2H3,(H,21,22)(H,23,24)(H,25,26)/t15-/m1/s1. The van der Waals surface area contributed by atoms with Crippen molar-refractivity contribution in [2.45, 2.75) is 37.6 Å². The van der Waals surface area contributed by atoms with E-state index in [1.165, 1.54) is 11.8 Å². The van der Waals surface area contributed by atoms with Crippen LogP contribution in [0.4, 0.5) is 0 Å². The van der Waals surface area contributed by atoms with E-state index in [9.17, 15) is 19.5 Å². The molecule has 150 valence electrons. The SMILES string of the molecule is CCOc1ccc2nc(C)cc(SC[C@@H](NC(=O)CCC(=O)O)C(=O)O)c2c1. The van der Waals surface area contributed by atoms with Crippen LogP contribution in [0.3, 0.4) is 0 Å². The van der Waals surface area contributed by atoms with Gasteiger partial charge >= 0.3 is 11.9 Å². The van der Waals surface area contributed by atoms with Gasteiger partial charge in [0.1, 0.15) is 11.8 Å². The highest BCUT2D eigenvalue weighted by Gasteiger charge is 2.21. The van der Waals surface area contributed by atoms with Crippen LogP contribution in [0.1, 0.15) is 25.5 Å². The molecule has 2 rings (SSSR count). The highest BCUT2D eigenvalue weighted by atomic mass is 32.2. The first-order chi connectivity index (χ1) is 13.3. The number of nitrogens with zero attached hydrogens (tertiary/aromatic N) is 1. The second-order valence-electron chi connectivity index (χ2n) is 6.04. The molecule has 0 unspecified atom stereocenters. The molecule has 28 heavy (non-hydrogen) atoms. The minimum Gasteiger partial charge on any atom is -0.494 e. The third-order valence-corrected chi connectivity index (χ3v) is 4.93. The summed E-state index contributed by atoms with van der Waals surface area (Å²) in [6.07, 6.45) is -0.613. The van der Waals surface area contributed by atoms with Crippen LogP contribution in [0.25, 0.3) is 10.9 Å². The Balaban J connectivity index is 2.16. The summed E-state index contributed by atoms with van der Waals surface area (Å²) < 4.78 is 5.53. The third kappa shape index (κ3) is 6.12. The molecule has 0 saturated carbocycles. The molecule has 3 N–H and O–H groups in total. The van der Waals surface area contributed by atoms with Crippen molar-refractivity contribution in [3.63, 3.8) is 0 Å². The number of carboxylic acids is 2. The summed E-state index contributed by atoms with van der Waals surface area (Å²) in [6, 6.07) is 6.25. The average molecular weight is 406 g/mol. The molecule has 1 heterocycles. The summed E-state index contributed by atoms with van der Waals surface area (Å²) >= 11 is 1.29. The molecule has 0 aliphatic rings. The molecule has 1 aromatic heterocycles. The van der Waals surface area contributed by atoms with Gasteiger partial charge in [-0.3, -0.25) is 14.6 Å². The molecule has 2 aromatic rings. The van der Waals surface area contributed by atoms with Gasteiger partial charge in [-0.1, -0.05) is 0 Å². The number of aryl methyl sites for hydroxylation is 1. The number of fused-ring (bicyclic) bond motifs is 1. The van der Waals surface area contributed by atoms with Crippen molar-refractivity contribution in [2.24, 2.45) is 0 Å². The van der Waals surface area contributed by atoms with Crippen LogP contribution < -0.4 is 10.1 Å². The molecule has 8 nitrogen and oxygen atoms in total. The first-order valence-corrected chi connectivity index (χ1v) is 9.69. The maximum Gasteiger partial charge on any atom is 0.327 e. The number of amides is 1. The lowest BCUT2D eigenvalue weighted by molar-refractivity contribution is -0.141. The van der Waals surface area contributed by atoms with Crippen LogP contribution in [0, 0.1) is 6.92 Å². The molecule has 0 aliphatic carbocycles. The number of aliphatic carboxylic acids is 2. The van der Waals surface area contributed by atoms with Crippen molar-refractivity contribution in [1.29, 1.82) is 0 Å². The van der Waals surface area contributed by atoms with E-state index in [1.807, 2.05) is 38.1 Å². The molecular formula is C19H22N2O6S. The Morgan fingerprint density at radius 1 is 1.21 bits per heavy atom. The van der Waals surface area contributed by atoms with Crippen LogP contribution >= 0.6 is 11.8 Å². The summed E-state index contributed by atoms with van der Waals surface area (Å²) in [7, 11) is 0. The van der Waals surface area contributed by atoms with Crippen LogP contribution in [-0.4, -0.2) is 51.4 Å². The fourth-order valence-corrected chi connectivity index (χ4v) is 3.66. The molecule has 1 aromatic carbocycles. The first kappa shape index (κ1) is 21.5. The van der Waals surface area contributed by atoms with Crippen LogP contribution in [0.2, 0.25) is 0 Å². The number of aromatic nitrogens is 1. The summed E-state index contributed by atoms with van der Waals surface area (Å²) in [4.78, 5) is 39.1. The molecule has 0 radical (unpaired) electrons. The van der Waals surface area contributed by atoms with E-state index < -0.39 is 23.9 Å². The number of pyridine rings is 1. The van der Waals surface area contributed by atoms with Crippen LogP contribution in [-0.2, 0) is 14.4 Å². The molecule has 0 bridgehead atoms. The predicted octanol–water partition coefficient (Wildman–Crippen LogP) is 2.47. The van der Waals surface area contributed by atoms with Gasteiger partial charge in [0.2, 0.25) is 5.91 Å². The van der Waals surface area contributed by atoms with Crippen molar-refractivity contribution in [2.75, 3.05) is 12.4 Å². The molecule has 0 saturated heterocycles. The largest absolute Gasteiger partial charge is 0.494 e. The molecule has 0 aliphatic heterocycles. The highest BCUT2D eigenvalue weighted by Crippen LogP contribution is 2.31. The lowest BCUT2D eigenvalue weighted by Crippen LogP contribution is -2.42. The first-order valence-electron chi connectivity index (χ1n) is 8.71. The lowest BCUT2D eigenvalue weighted by Gasteiger charge is -2.15. The maximum absolute atomic E-state index is 11.8. The van der Waals surface area contributed by atoms with Gasteiger partial charge in [-0.05, 0) is 38.1 Å². The van der Waals surface area contributed by atoms with Gasteiger partial charge in [0.05, 0.1) is 18.5 Å². The van der Waals surface area contributed by atoms with Gasteiger partial charge in [0, 0.05) is 28.1 Å². The Bertz CT molecular complexity index is 886. The van der Waals surface area contributed by atoms with Gasteiger partial charge in [-0.2, -0.15) is 0 Å². The summed E-state index contributed by atoms with van der Waals surface area (Å²) in [5, 5.41) is 21.2. The average Bonchev–Trinajstić information content (AvgIpc) is 2.63. The number of nitrogens with one attached hydrogen (secondary N) is 1. The van der Waals surface area contributed by atoms with E-state index in [1.54, 1.807) is 0 Å². The number of carbonyl (C=O) groups excluding carboxylic acids is 1. The fourth-order valence-electron chi connectivity index (χ4n) is 2.51. The second kappa shape index (κ2) is 9.93. The smallest absolute Gasteiger partial charge is 0.327 e. The zero-order valence-electron chi connectivity index (χ0n) is 15.6. The van der Waals surface area contributed by atoms with Crippen molar-refractivity contribution in [3.05, 3.63) is 30.0 Å². The minimum atomic E-state index is -1.18. The van der Waals surface area contributed by atoms with E-state index in [0.29, 0.717) is 12.4 Å². The molecule has 9 heteroatoms. The zero-order chi connectivity index (χ0) is 20.7. The number of benzene rings is 1. The molecule has 0 spiro atoms. The fraction of sp³-hybridized carbons (Fsp3) is 0.368. The second-order valence-corrected chi connectivity index (χ2v) is 7.10. The number of thioether (sulfide) groups is 1. The summed E-state index contributed by atoms with van der Waals surface area (Å²) in [6.45, 7) is 4.26. The number of ether oxygens (including phenoxy) is 1. The van der Waals surface area contributed by atoms with E-state index in [4.69, 9.17) is 9.84 Å². The van der Waals surface area contributed by atoms with Crippen molar-refractivity contribution in [1.82, 2.24) is 10.3 Å². The van der Waals surface area contributed by atoms with Crippen molar-refractivity contribution < 1.29 is 29.3 Å². The zero-order valence-corrected chi connectivity index (χ0v) is 16.4. The van der Waals surface area contributed by atoms with E-state index in [2.05, 4.69) is 10.3 Å². The lowest BCUT2D eigenvalue weighted by atomic mass is 10.2. The monoisotopic (exact) mass is 406 g/mol. The van der Waals surface area contributed by atoms with Gasteiger partial charge in [-0.25, -0.2) is 4.79 Å². The van der Waals surface area contributed by atoms with Crippen molar-refractivity contribution in [3.8, 4) is 5.75 Å². The predicted molar refractivity (Wildman–Crippen MR) is 105 cm³/mol. The summed E-state index contributed by atoms with van der Waals surface area (Å²) in [5.41, 5.74) is 1.56. The number of carboxylic acid groups (broad SMARTS) is 2. The number of rotatable bonds is 10. The maximum atomic E-state index is 11.8. The number of hydrogen-bond donors (Lipinski definition) is 3.